The summed E-state index contributed by atoms with van der Waals surface area (Å²) >= 11 is 0. The normalized spacial score (nSPS) is 11.1. The first kappa shape index (κ1) is 33.3. The molecule has 0 aliphatic heterocycles. The van der Waals surface area contributed by atoms with Gasteiger partial charge in [-0.25, -0.2) is 19.9 Å². The van der Waals surface area contributed by atoms with Gasteiger partial charge in [0.15, 0.2) is 0 Å². The number of fused-ring (bicyclic) bond motifs is 3. The summed E-state index contributed by atoms with van der Waals surface area (Å²) in [5.41, 5.74) is 5.58. The van der Waals surface area contributed by atoms with Gasteiger partial charge in [-0.15, -0.1) is 0 Å². The highest BCUT2D eigenvalue weighted by Gasteiger charge is 2.19. The maximum atomic E-state index is 6.44. The standard InChI is InChI=1S/C46H33N5O4/c1-30-45(32-12-4-3-5-13-32)31(2)50-46(49-30)51-41-28-37(52-33-14-10-16-35(26-33)54-43-18-6-8-24-47-43)20-22-39(41)40-23-21-38(29-42(40)51)53-34-15-11-17-36(27-34)55-44-19-7-9-25-48-44/h3-29H,1-2H3. The highest BCUT2D eigenvalue weighted by Crippen LogP contribution is 2.39. The van der Waals surface area contributed by atoms with Crippen molar-refractivity contribution in [2.24, 2.45) is 0 Å². The van der Waals surface area contributed by atoms with Gasteiger partial charge in [0.25, 0.3) is 0 Å². The average molecular weight is 720 g/mol. The molecule has 0 amide bonds. The van der Waals surface area contributed by atoms with Crippen LogP contribution in [0, 0.1) is 13.8 Å². The summed E-state index contributed by atoms with van der Waals surface area (Å²) in [5.74, 6) is 5.30. The van der Waals surface area contributed by atoms with Crippen molar-refractivity contribution in [1.82, 2.24) is 24.5 Å². The molecule has 4 heterocycles. The summed E-state index contributed by atoms with van der Waals surface area (Å²) in [7, 11) is 0. The number of ether oxygens (including phenoxy) is 4. The van der Waals surface area contributed by atoms with Crippen molar-refractivity contribution in [3.05, 3.63) is 175 Å². The summed E-state index contributed by atoms with van der Waals surface area (Å²) in [6, 6.07) is 48.4. The van der Waals surface area contributed by atoms with Gasteiger partial charge in [0.1, 0.15) is 34.5 Å². The Morgan fingerprint density at radius 1 is 0.418 bits per heavy atom. The third kappa shape index (κ3) is 7.02. The largest absolute Gasteiger partial charge is 0.457 e. The number of hydrogen-bond donors (Lipinski definition) is 0. The Morgan fingerprint density at radius 3 is 1.35 bits per heavy atom. The van der Waals surface area contributed by atoms with E-state index < -0.39 is 0 Å². The number of rotatable bonds is 10. The highest BCUT2D eigenvalue weighted by atomic mass is 16.5. The van der Waals surface area contributed by atoms with E-state index in [2.05, 4.69) is 38.8 Å². The lowest BCUT2D eigenvalue weighted by Gasteiger charge is -2.14. The second-order valence-electron chi connectivity index (χ2n) is 12.8. The van der Waals surface area contributed by atoms with Crippen LogP contribution in [-0.4, -0.2) is 24.5 Å². The second-order valence-corrected chi connectivity index (χ2v) is 12.8. The van der Waals surface area contributed by atoms with Crippen molar-refractivity contribution >= 4 is 21.8 Å². The number of aryl methyl sites for hydroxylation is 2. The summed E-state index contributed by atoms with van der Waals surface area (Å²) in [4.78, 5) is 18.8. The maximum absolute atomic E-state index is 6.44. The molecule has 0 saturated heterocycles. The lowest BCUT2D eigenvalue weighted by atomic mass is 10.0. The minimum Gasteiger partial charge on any atom is -0.457 e. The molecular formula is C46H33N5O4. The summed E-state index contributed by atoms with van der Waals surface area (Å²) in [6.07, 6.45) is 3.39. The number of benzene rings is 5. The molecular weight excluding hydrogens is 687 g/mol. The molecule has 5 aromatic carbocycles. The van der Waals surface area contributed by atoms with Crippen LogP contribution in [0.2, 0.25) is 0 Å². The van der Waals surface area contributed by atoms with Crippen LogP contribution in [0.15, 0.2) is 164 Å². The van der Waals surface area contributed by atoms with Gasteiger partial charge in [-0.05, 0) is 80.1 Å². The number of hydrogen-bond acceptors (Lipinski definition) is 8. The molecule has 0 N–H and O–H groups in total. The van der Waals surface area contributed by atoms with Crippen LogP contribution in [0.4, 0.5) is 0 Å². The minimum absolute atomic E-state index is 0.503. The fourth-order valence-corrected chi connectivity index (χ4v) is 6.67. The first-order chi connectivity index (χ1) is 27.0. The summed E-state index contributed by atoms with van der Waals surface area (Å²) in [5, 5.41) is 2.02. The first-order valence-electron chi connectivity index (χ1n) is 17.8. The summed E-state index contributed by atoms with van der Waals surface area (Å²) < 4.78 is 26.9. The topological polar surface area (TPSA) is 93.4 Å². The third-order valence-corrected chi connectivity index (χ3v) is 9.03. The zero-order valence-corrected chi connectivity index (χ0v) is 30.0. The average Bonchev–Trinajstić information content (AvgIpc) is 3.52. The monoisotopic (exact) mass is 719 g/mol. The molecule has 4 aromatic heterocycles. The lowest BCUT2D eigenvalue weighted by molar-refractivity contribution is 0.448. The Bertz CT molecular complexity index is 2620. The van der Waals surface area contributed by atoms with E-state index in [1.54, 1.807) is 12.4 Å². The van der Waals surface area contributed by atoms with Gasteiger partial charge >= 0.3 is 0 Å². The fraction of sp³-hybridized carbons (Fsp3) is 0.0435. The van der Waals surface area contributed by atoms with Crippen LogP contribution in [0.3, 0.4) is 0 Å². The van der Waals surface area contributed by atoms with Crippen LogP contribution in [0.25, 0.3) is 38.9 Å². The second kappa shape index (κ2) is 14.5. The molecule has 0 atom stereocenters. The molecule has 266 valence electrons. The maximum Gasteiger partial charge on any atom is 0.235 e. The predicted octanol–water partition coefficient (Wildman–Crippen LogP) is 11.8. The molecule has 0 radical (unpaired) electrons. The molecule has 0 aliphatic carbocycles. The van der Waals surface area contributed by atoms with Crippen LogP contribution in [-0.2, 0) is 0 Å². The molecule has 9 aromatic rings. The zero-order chi connectivity index (χ0) is 37.1. The van der Waals surface area contributed by atoms with Crippen molar-refractivity contribution in [1.29, 1.82) is 0 Å². The lowest BCUT2D eigenvalue weighted by Crippen LogP contribution is -2.06. The molecule has 0 spiro atoms. The molecule has 9 rings (SSSR count). The van der Waals surface area contributed by atoms with E-state index >= 15 is 0 Å². The minimum atomic E-state index is 0.503. The fourth-order valence-electron chi connectivity index (χ4n) is 6.67. The van der Waals surface area contributed by atoms with Gasteiger partial charge in [0.2, 0.25) is 17.7 Å². The van der Waals surface area contributed by atoms with Gasteiger partial charge in [0, 0.05) is 65.1 Å². The number of nitrogens with zero attached hydrogens (tertiary/aromatic N) is 5. The third-order valence-electron chi connectivity index (χ3n) is 9.03. The van der Waals surface area contributed by atoms with E-state index in [1.807, 2.05) is 141 Å². The molecule has 0 unspecified atom stereocenters. The van der Waals surface area contributed by atoms with Crippen molar-refractivity contribution in [3.8, 4) is 63.3 Å². The van der Waals surface area contributed by atoms with Crippen LogP contribution < -0.4 is 18.9 Å². The Balaban J connectivity index is 1.12. The van der Waals surface area contributed by atoms with Crippen molar-refractivity contribution in [3.63, 3.8) is 0 Å². The van der Waals surface area contributed by atoms with Crippen LogP contribution >= 0.6 is 0 Å². The SMILES string of the molecule is Cc1nc(-n2c3cc(Oc4cccc(Oc5ccccn5)c4)ccc3c3ccc(Oc4cccc(Oc5ccccn5)c4)cc32)nc(C)c1-c1ccccc1. The number of aromatic nitrogens is 5. The zero-order valence-electron chi connectivity index (χ0n) is 30.0. The van der Waals surface area contributed by atoms with E-state index in [0.29, 0.717) is 52.2 Å². The number of pyridine rings is 2. The predicted molar refractivity (Wildman–Crippen MR) is 213 cm³/mol. The first-order valence-corrected chi connectivity index (χ1v) is 17.8. The van der Waals surface area contributed by atoms with Gasteiger partial charge in [-0.2, -0.15) is 0 Å². The quantitative estimate of drug-likeness (QED) is 0.138. The van der Waals surface area contributed by atoms with Gasteiger partial charge in [-0.3, -0.25) is 4.57 Å². The molecule has 0 saturated carbocycles. The van der Waals surface area contributed by atoms with Crippen molar-refractivity contribution < 1.29 is 18.9 Å². The van der Waals surface area contributed by atoms with Crippen molar-refractivity contribution in [2.45, 2.75) is 13.8 Å². The van der Waals surface area contributed by atoms with E-state index in [9.17, 15) is 0 Å². The smallest absolute Gasteiger partial charge is 0.235 e. The van der Waals surface area contributed by atoms with E-state index in [1.165, 1.54) is 0 Å². The molecule has 0 fully saturated rings. The summed E-state index contributed by atoms with van der Waals surface area (Å²) in [6.45, 7) is 4.05. The molecule has 9 heteroatoms. The molecule has 9 nitrogen and oxygen atoms in total. The van der Waals surface area contributed by atoms with Gasteiger partial charge < -0.3 is 18.9 Å². The van der Waals surface area contributed by atoms with E-state index in [0.717, 1.165) is 44.3 Å². The molecule has 0 bridgehead atoms. The van der Waals surface area contributed by atoms with Crippen molar-refractivity contribution in [2.75, 3.05) is 0 Å². The Morgan fingerprint density at radius 2 is 0.873 bits per heavy atom. The Labute approximate surface area is 317 Å². The molecule has 55 heavy (non-hydrogen) atoms. The Hall–Kier alpha value is -7.52. The van der Waals surface area contributed by atoms with Gasteiger partial charge in [-0.1, -0.05) is 54.6 Å². The van der Waals surface area contributed by atoms with E-state index in [-0.39, 0.29) is 0 Å². The van der Waals surface area contributed by atoms with E-state index in [4.69, 9.17) is 28.9 Å². The van der Waals surface area contributed by atoms with Gasteiger partial charge in [0.05, 0.1) is 22.4 Å². The Kier molecular flexibility index (Phi) is 8.77. The van der Waals surface area contributed by atoms with Crippen LogP contribution in [0.1, 0.15) is 11.4 Å². The highest BCUT2D eigenvalue weighted by molar-refractivity contribution is 6.09. The molecule has 0 aliphatic rings. The van der Waals surface area contributed by atoms with Crippen LogP contribution in [0.5, 0.6) is 46.3 Å².